The highest BCUT2D eigenvalue weighted by Crippen LogP contribution is 2.36. The Kier molecular flexibility index (Phi) is 5.72. The second-order valence-electron chi connectivity index (χ2n) is 6.54. The number of H-pyrrole nitrogens is 1. The minimum absolute atomic E-state index is 0.0756. The summed E-state index contributed by atoms with van der Waals surface area (Å²) in [6.07, 6.45) is 0. The molecule has 29 heavy (non-hydrogen) atoms. The van der Waals surface area contributed by atoms with E-state index in [-0.39, 0.29) is 11.2 Å². The molecule has 3 aromatic carbocycles. The molecule has 6 heteroatoms. The lowest BCUT2D eigenvalue weighted by Gasteiger charge is -2.17. The highest BCUT2D eigenvalue weighted by Gasteiger charge is 2.22. The zero-order valence-corrected chi connectivity index (χ0v) is 16.7. The van der Waals surface area contributed by atoms with Crippen LogP contribution >= 0.6 is 11.8 Å². The number of nitrogens with one attached hydrogen (secondary N) is 2. The Morgan fingerprint density at radius 2 is 1.69 bits per heavy atom. The van der Waals surface area contributed by atoms with Crippen LogP contribution in [0.4, 0.5) is 5.69 Å². The number of aromatic nitrogens is 3. The number of aryl methyl sites for hydroxylation is 1. The smallest absolute Gasteiger partial charge is 0.242 e. The van der Waals surface area contributed by atoms with Gasteiger partial charge in [0.05, 0.1) is 0 Å². The number of benzene rings is 3. The first kappa shape index (κ1) is 19.0. The van der Waals surface area contributed by atoms with Crippen molar-refractivity contribution in [2.45, 2.75) is 17.1 Å². The largest absolute Gasteiger partial charge is 0.325 e. The standard InChI is InChI=1S/C23H20N4OS/c1-16-24-22(27-26-16)18-11-8-12-19(15-18)25-23(28)21(17-9-4-2-5-10-17)29-20-13-6-3-7-14-20/h2-15,21H,1H3,(H,25,28)(H,24,26,27)/t21-/m0/s1. The molecule has 0 unspecified atom stereocenters. The summed E-state index contributed by atoms with van der Waals surface area (Å²) in [4.78, 5) is 18.6. The van der Waals surface area contributed by atoms with Crippen LogP contribution in [0.3, 0.4) is 0 Å². The quantitative estimate of drug-likeness (QED) is 0.434. The van der Waals surface area contributed by atoms with Gasteiger partial charge in [-0.1, -0.05) is 60.7 Å². The Bertz CT molecular complexity index is 1100. The number of hydrogen-bond acceptors (Lipinski definition) is 4. The van der Waals surface area contributed by atoms with Gasteiger partial charge in [0.25, 0.3) is 0 Å². The van der Waals surface area contributed by atoms with Gasteiger partial charge in [0.2, 0.25) is 5.91 Å². The highest BCUT2D eigenvalue weighted by atomic mass is 32.2. The van der Waals surface area contributed by atoms with Gasteiger partial charge in [0, 0.05) is 16.1 Å². The minimum Gasteiger partial charge on any atom is -0.325 e. The zero-order valence-electron chi connectivity index (χ0n) is 15.9. The third kappa shape index (κ3) is 4.73. The Morgan fingerprint density at radius 3 is 2.38 bits per heavy atom. The molecule has 0 aliphatic heterocycles. The van der Waals surface area contributed by atoms with E-state index in [4.69, 9.17) is 0 Å². The molecule has 0 bridgehead atoms. The summed E-state index contributed by atoms with van der Waals surface area (Å²) in [6.45, 7) is 1.85. The van der Waals surface area contributed by atoms with Gasteiger partial charge < -0.3 is 5.32 Å². The lowest BCUT2D eigenvalue weighted by Crippen LogP contribution is -2.19. The van der Waals surface area contributed by atoms with Gasteiger partial charge in [-0.05, 0) is 36.8 Å². The fraction of sp³-hybridized carbons (Fsp3) is 0.0870. The molecule has 0 aliphatic carbocycles. The number of rotatable bonds is 6. The predicted octanol–water partition coefficient (Wildman–Crippen LogP) is 5.25. The molecular formula is C23H20N4OS. The summed E-state index contributed by atoms with van der Waals surface area (Å²) in [7, 11) is 0. The number of aromatic amines is 1. The molecule has 144 valence electrons. The fourth-order valence-corrected chi connectivity index (χ4v) is 4.00. The summed E-state index contributed by atoms with van der Waals surface area (Å²) >= 11 is 1.53. The van der Waals surface area contributed by atoms with Crippen LogP contribution in [0.5, 0.6) is 0 Å². The fourth-order valence-electron chi connectivity index (χ4n) is 2.95. The van der Waals surface area contributed by atoms with E-state index in [2.05, 4.69) is 20.5 Å². The maximum atomic E-state index is 13.2. The maximum absolute atomic E-state index is 13.2. The van der Waals surface area contributed by atoms with Crippen LogP contribution in [0.2, 0.25) is 0 Å². The zero-order chi connectivity index (χ0) is 20.1. The molecule has 4 rings (SSSR count). The Morgan fingerprint density at radius 1 is 0.966 bits per heavy atom. The van der Waals surface area contributed by atoms with Gasteiger partial charge in [-0.15, -0.1) is 11.8 Å². The normalized spacial score (nSPS) is 11.8. The van der Waals surface area contributed by atoms with Crippen LogP contribution in [-0.2, 0) is 4.79 Å². The van der Waals surface area contributed by atoms with E-state index in [9.17, 15) is 4.79 Å². The summed E-state index contributed by atoms with van der Waals surface area (Å²) in [6, 6.07) is 27.3. The van der Waals surface area contributed by atoms with Crippen molar-refractivity contribution in [2.75, 3.05) is 5.32 Å². The van der Waals surface area contributed by atoms with Gasteiger partial charge in [-0.25, -0.2) is 4.98 Å². The lowest BCUT2D eigenvalue weighted by molar-refractivity contribution is -0.115. The molecule has 0 fully saturated rings. The molecular weight excluding hydrogens is 380 g/mol. The van der Waals surface area contributed by atoms with Crippen molar-refractivity contribution in [3.63, 3.8) is 0 Å². The van der Waals surface area contributed by atoms with Crippen LogP contribution in [0, 0.1) is 6.92 Å². The van der Waals surface area contributed by atoms with Crippen molar-refractivity contribution in [3.05, 3.63) is 96.3 Å². The van der Waals surface area contributed by atoms with Gasteiger partial charge in [0.1, 0.15) is 11.1 Å². The lowest BCUT2D eigenvalue weighted by atomic mass is 10.1. The summed E-state index contributed by atoms with van der Waals surface area (Å²) in [5.74, 6) is 1.28. The topological polar surface area (TPSA) is 70.7 Å². The van der Waals surface area contributed by atoms with Gasteiger partial charge in [0.15, 0.2) is 5.82 Å². The van der Waals surface area contributed by atoms with Gasteiger partial charge >= 0.3 is 0 Å². The van der Waals surface area contributed by atoms with E-state index in [1.807, 2.05) is 91.9 Å². The third-order valence-corrected chi connectivity index (χ3v) is 5.59. The molecule has 1 aromatic heterocycles. The molecule has 0 aliphatic rings. The number of thioether (sulfide) groups is 1. The number of amides is 1. The van der Waals surface area contributed by atoms with E-state index >= 15 is 0 Å². The van der Waals surface area contributed by atoms with E-state index in [1.54, 1.807) is 0 Å². The van der Waals surface area contributed by atoms with Gasteiger partial charge in [-0.2, -0.15) is 5.10 Å². The third-order valence-electron chi connectivity index (χ3n) is 4.32. The van der Waals surface area contributed by atoms with Crippen LogP contribution in [0.25, 0.3) is 11.4 Å². The van der Waals surface area contributed by atoms with Crippen LogP contribution in [0.1, 0.15) is 16.6 Å². The first-order chi connectivity index (χ1) is 14.2. The SMILES string of the molecule is Cc1nc(-c2cccc(NC(=O)[C@@H](Sc3ccccc3)c3ccccc3)c2)n[nH]1. The molecule has 1 heterocycles. The van der Waals surface area contributed by atoms with Crippen molar-refractivity contribution in [1.29, 1.82) is 0 Å². The Labute approximate surface area is 173 Å². The average Bonchev–Trinajstić information content (AvgIpc) is 3.20. The minimum atomic E-state index is -0.368. The average molecular weight is 401 g/mol. The number of carbonyl (C=O) groups excluding carboxylic acids is 1. The van der Waals surface area contributed by atoms with Crippen LogP contribution in [0.15, 0.2) is 89.8 Å². The molecule has 0 spiro atoms. The first-order valence-electron chi connectivity index (χ1n) is 9.26. The molecule has 0 saturated heterocycles. The number of nitrogens with zero attached hydrogens (tertiary/aromatic N) is 2. The second-order valence-corrected chi connectivity index (χ2v) is 7.71. The summed E-state index contributed by atoms with van der Waals surface area (Å²) < 4.78 is 0. The van der Waals surface area contributed by atoms with Crippen molar-refractivity contribution >= 4 is 23.4 Å². The van der Waals surface area contributed by atoms with E-state index in [0.717, 1.165) is 21.8 Å². The molecule has 0 radical (unpaired) electrons. The molecule has 1 atom stereocenters. The van der Waals surface area contributed by atoms with E-state index in [0.29, 0.717) is 11.5 Å². The van der Waals surface area contributed by atoms with E-state index < -0.39 is 0 Å². The summed E-state index contributed by atoms with van der Waals surface area (Å²) in [5, 5.41) is 9.72. The van der Waals surface area contributed by atoms with Crippen molar-refractivity contribution in [1.82, 2.24) is 15.2 Å². The number of hydrogen-bond donors (Lipinski definition) is 2. The first-order valence-corrected chi connectivity index (χ1v) is 10.1. The molecule has 4 aromatic rings. The second kappa shape index (κ2) is 8.75. The highest BCUT2D eigenvalue weighted by molar-refractivity contribution is 8.00. The number of carbonyl (C=O) groups is 1. The monoisotopic (exact) mass is 400 g/mol. The van der Waals surface area contributed by atoms with Crippen LogP contribution < -0.4 is 5.32 Å². The van der Waals surface area contributed by atoms with Crippen molar-refractivity contribution in [2.24, 2.45) is 0 Å². The van der Waals surface area contributed by atoms with Crippen molar-refractivity contribution in [3.8, 4) is 11.4 Å². The Hall–Kier alpha value is -3.38. The predicted molar refractivity (Wildman–Crippen MR) is 117 cm³/mol. The maximum Gasteiger partial charge on any atom is 0.242 e. The number of anilines is 1. The molecule has 5 nitrogen and oxygen atoms in total. The molecule has 1 amide bonds. The Balaban J connectivity index is 1.58. The van der Waals surface area contributed by atoms with Crippen LogP contribution in [-0.4, -0.2) is 21.1 Å². The summed E-state index contributed by atoms with van der Waals surface area (Å²) in [5.41, 5.74) is 2.52. The van der Waals surface area contributed by atoms with Crippen molar-refractivity contribution < 1.29 is 4.79 Å². The van der Waals surface area contributed by atoms with E-state index in [1.165, 1.54) is 11.8 Å². The van der Waals surface area contributed by atoms with Gasteiger partial charge in [-0.3, -0.25) is 9.89 Å². The molecule has 2 N–H and O–H groups in total. The molecule has 0 saturated carbocycles.